The molecule has 4 nitrogen and oxygen atoms in total. The molecule has 5 heteroatoms. The van der Waals surface area contributed by atoms with Gasteiger partial charge in [-0.3, -0.25) is 14.8 Å². The summed E-state index contributed by atoms with van der Waals surface area (Å²) in [4.78, 5) is 19.6. The van der Waals surface area contributed by atoms with Gasteiger partial charge in [0, 0.05) is 24.8 Å². The summed E-state index contributed by atoms with van der Waals surface area (Å²) in [6, 6.07) is 5.21. The standard InChI is InChI=1S/C11H8IN3O/c12-9-7-14-5-3-10(9)15-11(16)8-2-1-4-13-6-8/h1-7H,(H,14,15,16). The summed E-state index contributed by atoms with van der Waals surface area (Å²) in [7, 11) is 0. The molecule has 16 heavy (non-hydrogen) atoms. The highest BCUT2D eigenvalue weighted by atomic mass is 127. The van der Waals surface area contributed by atoms with Crippen molar-refractivity contribution in [2.24, 2.45) is 0 Å². The molecule has 2 aromatic heterocycles. The van der Waals surface area contributed by atoms with Crippen molar-refractivity contribution in [2.75, 3.05) is 5.32 Å². The first-order valence-electron chi connectivity index (χ1n) is 4.58. The van der Waals surface area contributed by atoms with Gasteiger partial charge in [0.1, 0.15) is 0 Å². The van der Waals surface area contributed by atoms with Crippen molar-refractivity contribution < 1.29 is 4.79 Å². The lowest BCUT2D eigenvalue weighted by molar-refractivity contribution is 0.102. The largest absolute Gasteiger partial charge is 0.321 e. The number of aromatic nitrogens is 2. The van der Waals surface area contributed by atoms with E-state index in [1.54, 1.807) is 36.8 Å². The van der Waals surface area contributed by atoms with Gasteiger partial charge < -0.3 is 5.32 Å². The third kappa shape index (κ3) is 2.54. The average molecular weight is 325 g/mol. The maximum atomic E-state index is 11.8. The molecule has 1 N–H and O–H groups in total. The van der Waals surface area contributed by atoms with E-state index in [0.29, 0.717) is 5.56 Å². The van der Waals surface area contributed by atoms with E-state index in [2.05, 4.69) is 37.9 Å². The summed E-state index contributed by atoms with van der Waals surface area (Å²) in [5, 5.41) is 2.80. The van der Waals surface area contributed by atoms with Gasteiger partial charge >= 0.3 is 0 Å². The average Bonchev–Trinajstić information content (AvgIpc) is 2.33. The zero-order valence-electron chi connectivity index (χ0n) is 8.22. The van der Waals surface area contributed by atoms with Crippen LogP contribution in [-0.2, 0) is 0 Å². The minimum atomic E-state index is -0.169. The summed E-state index contributed by atoms with van der Waals surface area (Å²) < 4.78 is 0.900. The van der Waals surface area contributed by atoms with Crippen molar-refractivity contribution in [3.63, 3.8) is 0 Å². The van der Waals surface area contributed by atoms with Gasteiger partial charge in [0.15, 0.2) is 0 Å². The van der Waals surface area contributed by atoms with E-state index in [0.717, 1.165) is 9.26 Å². The predicted octanol–water partition coefficient (Wildman–Crippen LogP) is 2.33. The minimum Gasteiger partial charge on any atom is -0.321 e. The number of hydrogen-bond acceptors (Lipinski definition) is 3. The maximum absolute atomic E-state index is 11.8. The van der Waals surface area contributed by atoms with Crippen LogP contribution in [0.5, 0.6) is 0 Å². The Hall–Kier alpha value is -1.50. The highest BCUT2D eigenvalue weighted by Crippen LogP contribution is 2.16. The number of nitrogens with zero attached hydrogens (tertiary/aromatic N) is 2. The van der Waals surface area contributed by atoms with Crippen LogP contribution in [0.2, 0.25) is 0 Å². The van der Waals surface area contributed by atoms with E-state index in [1.807, 2.05) is 0 Å². The number of hydrogen-bond donors (Lipinski definition) is 1. The Morgan fingerprint density at radius 3 is 2.69 bits per heavy atom. The summed E-state index contributed by atoms with van der Waals surface area (Å²) in [6.07, 6.45) is 6.50. The van der Waals surface area contributed by atoms with Crippen molar-refractivity contribution in [1.29, 1.82) is 0 Å². The van der Waals surface area contributed by atoms with Crippen LogP contribution in [0, 0.1) is 3.57 Å². The van der Waals surface area contributed by atoms with Gasteiger partial charge in [-0.05, 0) is 40.8 Å². The Labute approximate surface area is 106 Å². The molecule has 80 valence electrons. The van der Waals surface area contributed by atoms with E-state index in [1.165, 1.54) is 6.20 Å². The van der Waals surface area contributed by atoms with Gasteiger partial charge in [-0.25, -0.2) is 0 Å². The molecule has 0 radical (unpaired) electrons. The van der Waals surface area contributed by atoms with Crippen LogP contribution in [0.25, 0.3) is 0 Å². The lowest BCUT2D eigenvalue weighted by atomic mass is 10.2. The first kappa shape index (κ1) is 11.0. The number of carbonyl (C=O) groups excluding carboxylic acids is 1. The molecule has 2 heterocycles. The number of carbonyl (C=O) groups is 1. The number of anilines is 1. The molecular formula is C11H8IN3O. The second-order valence-corrected chi connectivity index (χ2v) is 4.21. The molecule has 0 saturated carbocycles. The first-order chi connectivity index (χ1) is 7.77. The highest BCUT2D eigenvalue weighted by molar-refractivity contribution is 14.1. The molecule has 0 aliphatic carbocycles. The smallest absolute Gasteiger partial charge is 0.257 e. The van der Waals surface area contributed by atoms with Crippen molar-refractivity contribution in [2.45, 2.75) is 0 Å². The Balaban J connectivity index is 2.18. The van der Waals surface area contributed by atoms with Gasteiger partial charge in [0.05, 0.1) is 14.8 Å². The lowest BCUT2D eigenvalue weighted by Crippen LogP contribution is -2.12. The summed E-state index contributed by atoms with van der Waals surface area (Å²) in [6.45, 7) is 0. The summed E-state index contributed by atoms with van der Waals surface area (Å²) in [5.41, 5.74) is 1.29. The normalized spacial score (nSPS) is 9.81. The Morgan fingerprint density at radius 2 is 2.00 bits per heavy atom. The molecule has 2 aromatic rings. The summed E-state index contributed by atoms with van der Waals surface area (Å²) >= 11 is 2.12. The molecule has 1 amide bonds. The molecule has 0 aliphatic rings. The third-order valence-corrected chi connectivity index (χ3v) is 2.80. The number of amides is 1. The third-order valence-electron chi connectivity index (χ3n) is 1.94. The summed E-state index contributed by atoms with van der Waals surface area (Å²) in [5.74, 6) is -0.169. The van der Waals surface area contributed by atoms with Gasteiger partial charge in [0.2, 0.25) is 0 Å². The van der Waals surface area contributed by atoms with E-state index in [4.69, 9.17) is 0 Å². The SMILES string of the molecule is O=C(Nc1ccncc1I)c1cccnc1. The van der Waals surface area contributed by atoms with Gasteiger partial charge in [-0.2, -0.15) is 0 Å². The number of pyridine rings is 2. The Kier molecular flexibility index (Phi) is 3.45. The van der Waals surface area contributed by atoms with E-state index in [-0.39, 0.29) is 5.91 Å². The van der Waals surface area contributed by atoms with Crippen molar-refractivity contribution >= 4 is 34.2 Å². The Bertz CT molecular complexity index is 502. The molecule has 0 aromatic carbocycles. The molecule has 0 aliphatic heterocycles. The van der Waals surface area contributed by atoms with Crippen LogP contribution < -0.4 is 5.32 Å². The van der Waals surface area contributed by atoms with E-state index < -0.39 is 0 Å². The molecular weight excluding hydrogens is 317 g/mol. The molecule has 0 spiro atoms. The minimum absolute atomic E-state index is 0.169. The maximum Gasteiger partial charge on any atom is 0.257 e. The fourth-order valence-electron chi connectivity index (χ4n) is 1.17. The second kappa shape index (κ2) is 5.02. The fraction of sp³-hybridized carbons (Fsp3) is 0. The van der Waals surface area contributed by atoms with Crippen LogP contribution in [0.15, 0.2) is 43.0 Å². The predicted molar refractivity (Wildman–Crippen MR) is 69.1 cm³/mol. The molecule has 0 bridgehead atoms. The van der Waals surface area contributed by atoms with Crippen LogP contribution in [-0.4, -0.2) is 15.9 Å². The first-order valence-corrected chi connectivity index (χ1v) is 5.66. The van der Waals surface area contributed by atoms with Crippen molar-refractivity contribution in [3.8, 4) is 0 Å². The highest BCUT2D eigenvalue weighted by Gasteiger charge is 2.07. The van der Waals surface area contributed by atoms with E-state index in [9.17, 15) is 4.79 Å². The van der Waals surface area contributed by atoms with Crippen LogP contribution in [0.4, 0.5) is 5.69 Å². The fourth-order valence-corrected chi connectivity index (χ4v) is 1.64. The van der Waals surface area contributed by atoms with Gasteiger partial charge in [-0.15, -0.1) is 0 Å². The molecule has 0 fully saturated rings. The van der Waals surface area contributed by atoms with Crippen molar-refractivity contribution in [3.05, 3.63) is 52.1 Å². The quantitative estimate of drug-likeness (QED) is 0.863. The lowest BCUT2D eigenvalue weighted by Gasteiger charge is -2.05. The monoisotopic (exact) mass is 325 g/mol. The van der Waals surface area contributed by atoms with Gasteiger partial charge in [-0.1, -0.05) is 0 Å². The second-order valence-electron chi connectivity index (χ2n) is 3.05. The van der Waals surface area contributed by atoms with Crippen LogP contribution in [0.3, 0.4) is 0 Å². The molecule has 0 unspecified atom stereocenters. The van der Waals surface area contributed by atoms with Crippen molar-refractivity contribution in [1.82, 2.24) is 9.97 Å². The zero-order chi connectivity index (χ0) is 11.4. The zero-order valence-corrected chi connectivity index (χ0v) is 10.4. The van der Waals surface area contributed by atoms with E-state index >= 15 is 0 Å². The van der Waals surface area contributed by atoms with Crippen LogP contribution >= 0.6 is 22.6 Å². The number of nitrogens with one attached hydrogen (secondary N) is 1. The number of rotatable bonds is 2. The molecule has 2 rings (SSSR count). The molecule has 0 atom stereocenters. The van der Waals surface area contributed by atoms with Crippen LogP contribution in [0.1, 0.15) is 10.4 Å². The Morgan fingerprint density at radius 1 is 1.19 bits per heavy atom. The topological polar surface area (TPSA) is 54.9 Å². The molecule has 0 saturated heterocycles. The van der Waals surface area contributed by atoms with Gasteiger partial charge in [0.25, 0.3) is 5.91 Å². The number of halogens is 1.